The zero-order chi connectivity index (χ0) is 13.9. The fourth-order valence-corrected chi connectivity index (χ4v) is 2.45. The third kappa shape index (κ3) is 2.65. The molecular weight excluding hydrogens is 266 g/mol. The van der Waals surface area contributed by atoms with Crippen molar-refractivity contribution in [2.45, 2.75) is 33.1 Å². The normalized spacial score (nSPS) is 11.7. The molecule has 2 heterocycles. The molecule has 6 nitrogen and oxygen atoms in total. The first-order valence-electron chi connectivity index (χ1n) is 6.06. The number of carboxylic acids is 1. The molecule has 0 atom stereocenters. The number of aliphatic carboxylic acids is 1. The summed E-state index contributed by atoms with van der Waals surface area (Å²) >= 11 is 1.44. The molecule has 0 saturated carbocycles. The average molecular weight is 281 g/mol. The molecule has 0 aliphatic carbocycles. The maximum atomic E-state index is 11.4. The first kappa shape index (κ1) is 13.7. The number of aromatic nitrogens is 3. The molecule has 0 amide bonds. The lowest BCUT2D eigenvalue weighted by Crippen LogP contribution is -2.32. The Labute approximate surface area is 114 Å². The van der Waals surface area contributed by atoms with E-state index in [9.17, 15) is 9.90 Å². The first-order valence-corrected chi connectivity index (χ1v) is 7.00. The highest BCUT2D eigenvalue weighted by molar-refractivity contribution is 7.07. The maximum Gasteiger partial charge on any atom is 0.310 e. The molecular formula is C12H15N3O3S. The van der Waals surface area contributed by atoms with Gasteiger partial charge >= 0.3 is 5.97 Å². The van der Waals surface area contributed by atoms with Crippen molar-refractivity contribution in [3.63, 3.8) is 0 Å². The Morgan fingerprint density at radius 1 is 1.47 bits per heavy atom. The van der Waals surface area contributed by atoms with Crippen molar-refractivity contribution in [1.82, 2.24) is 15.1 Å². The molecule has 0 fully saturated rings. The van der Waals surface area contributed by atoms with Crippen molar-refractivity contribution in [1.29, 1.82) is 0 Å². The summed E-state index contributed by atoms with van der Waals surface area (Å²) in [4.78, 5) is 19.7. The van der Waals surface area contributed by atoms with Crippen LogP contribution in [0.1, 0.15) is 32.6 Å². The first-order chi connectivity index (χ1) is 9.11. The van der Waals surface area contributed by atoms with Gasteiger partial charge in [0, 0.05) is 11.8 Å². The maximum absolute atomic E-state index is 11.4. The predicted molar refractivity (Wildman–Crippen MR) is 69.8 cm³/mol. The molecule has 2 rings (SSSR count). The molecule has 2 aromatic heterocycles. The molecule has 0 aliphatic heterocycles. The van der Waals surface area contributed by atoms with E-state index in [0.29, 0.717) is 30.3 Å². The number of carboxylic acid groups (broad SMARTS) is 1. The highest BCUT2D eigenvalue weighted by atomic mass is 32.1. The van der Waals surface area contributed by atoms with Crippen molar-refractivity contribution < 1.29 is 14.4 Å². The van der Waals surface area contributed by atoms with Crippen LogP contribution in [0.15, 0.2) is 15.4 Å². The smallest absolute Gasteiger partial charge is 0.310 e. The van der Waals surface area contributed by atoms with Crippen LogP contribution in [0.3, 0.4) is 0 Å². The van der Waals surface area contributed by atoms with Crippen LogP contribution in [0.4, 0.5) is 0 Å². The van der Waals surface area contributed by atoms with Crippen molar-refractivity contribution in [2.24, 2.45) is 5.41 Å². The van der Waals surface area contributed by atoms with Crippen molar-refractivity contribution >= 4 is 17.3 Å². The number of carbonyl (C=O) groups is 1. The summed E-state index contributed by atoms with van der Waals surface area (Å²) in [5.41, 5.74) is 1.49. The van der Waals surface area contributed by atoms with Gasteiger partial charge in [0.2, 0.25) is 11.7 Å². The summed E-state index contributed by atoms with van der Waals surface area (Å²) in [6.45, 7) is 3.71. The van der Waals surface area contributed by atoms with Gasteiger partial charge < -0.3 is 9.63 Å². The summed E-state index contributed by atoms with van der Waals surface area (Å²) in [5, 5.41) is 15.0. The summed E-state index contributed by atoms with van der Waals surface area (Å²) in [5.74, 6) is -0.0808. The van der Waals surface area contributed by atoms with Gasteiger partial charge in [0.25, 0.3) is 0 Å². The molecule has 0 aromatic carbocycles. The van der Waals surface area contributed by atoms with E-state index in [1.807, 2.05) is 19.2 Å². The molecule has 0 unspecified atom stereocenters. The largest absolute Gasteiger partial charge is 0.481 e. The second-order valence-corrected chi connectivity index (χ2v) is 5.07. The highest BCUT2D eigenvalue weighted by Crippen LogP contribution is 2.31. The Bertz CT molecular complexity index is 546. The number of hydrogen-bond acceptors (Lipinski definition) is 6. The van der Waals surface area contributed by atoms with Crippen molar-refractivity contribution in [2.75, 3.05) is 0 Å². The van der Waals surface area contributed by atoms with Crippen LogP contribution in [-0.2, 0) is 11.2 Å². The molecule has 19 heavy (non-hydrogen) atoms. The van der Waals surface area contributed by atoms with Gasteiger partial charge in [-0.05, 0) is 12.8 Å². The average Bonchev–Trinajstić information content (AvgIpc) is 3.06. The number of thiazole rings is 1. The van der Waals surface area contributed by atoms with Gasteiger partial charge in [-0.25, -0.2) is 4.98 Å². The van der Waals surface area contributed by atoms with Crippen LogP contribution in [0.5, 0.6) is 0 Å². The van der Waals surface area contributed by atoms with E-state index in [4.69, 9.17) is 4.52 Å². The third-order valence-electron chi connectivity index (χ3n) is 3.43. The summed E-state index contributed by atoms with van der Waals surface area (Å²) < 4.78 is 5.14. The van der Waals surface area contributed by atoms with Crippen LogP contribution in [0.2, 0.25) is 0 Å². The van der Waals surface area contributed by atoms with Crippen LogP contribution >= 0.6 is 11.3 Å². The summed E-state index contributed by atoms with van der Waals surface area (Å²) in [7, 11) is 0. The lowest BCUT2D eigenvalue weighted by Gasteiger charge is -2.24. The van der Waals surface area contributed by atoms with Crippen LogP contribution in [0, 0.1) is 5.41 Å². The Kier molecular flexibility index (Phi) is 3.94. The minimum absolute atomic E-state index is 0.243. The molecule has 0 saturated heterocycles. The second-order valence-electron chi connectivity index (χ2n) is 4.35. The number of rotatable bonds is 6. The monoisotopic (exact) mass is 281 g/mol. The molecule has 102 valence electrons. The summed E-state index contributed by atoms with van der Waals surface area (Å²) in [6.07, 6.45) is 1.28. The fourth-order valence-electron chi connectivity index (χ4n) is 1.92. The Morgan fingerprint density at radius 3 is 2.74 bits per heavy atom. The molecule has 1 N–H and O–H groups in total. The zero-order valence-corrected chi connectivity index (χ0v) is 11.6. The van der Waals surface area contributed by atoms with E-state index in [-0.39, 0.29) is 6.42 Å². The third-order valence-corrected chi connectivity index (χ3v) is 4.01. The Morgan fingerprint density at radius 2 is 2.21 bits per heavy atom. The van der Waals surface area contributed by atoms with Gasteiger partial charge in [-0.15, -0.1) is 11.3 Å². The van der Waals surface area contributed by atoms with Gasteiger partial charge in [-0.3, -0.25) is 4.79 Å². The zero-order valence-electron chi connectivity index (χ0n) is 10.8. The molecule has 0 spiro atoms. The van der Waals surface area contributed by atoms with Crippen LogP contribution in [-0.4, -0.2) is 26.2 Å². The molecule has 2 aromatic rings. The van der Waals surface area contributed by atoms with E-state index in [2.05, 4.69) is 15.1 Å². The summed E-state index contributed by atoms with van der Waals surface area (Å²) in [6, 6.07) is 0. The fraction of sp³-hybridized carbons (Fsp3) is 0.500. The molecule has 0 bridgehead atoms. The Hall–Kier alpha value is -1.76. The lowest BCUT2D eigenvalue weighted by molar-refractivity contribution is -0.149. The van der Waals surface area contributed by atoms with E-state index >= 15 is 0 Å². The standard InChI is InChI=1S/C12H15N3O3S/c1-3-12(4-2,11(16)17)5-9-14-10(15-18-9)8-6-19-7-13-8/h6-7H,3-5H2,1-2H3,(H,16,17). The molecule has 7 heteroatoms. The van der Waals surface area contributed by atoms with E-state index in [1.54, 1.807) is 5.51 Å². The van der Waals surface area contributed by atoms with Crippen molar-refractivity contribution in [3.05, 3.63) is 16.8 Å². The SMILES string of the molecule is CCC(CC)(Cc1nc(-c2cscn2)no1)C(=O)O. The van der Waals surface area contributed by atoms with Crippen molar-refractivity contribution in [3.8, 4) is 11.5 Å². The Balaban J connectivity index is 2.22. The van der Waals surface area contributed by atoms with Gasteiger partial charge in [0.15, 0.2) is 0 Å². The second kappa shape index (κ2) is 5.48. The van der Waals surface area contributed by atoms with Crippen LogP contribution < -0.4 is 0 Å². The quantitative estimate of drug-likeness (QED) is 0.875. The van der Waals surface area contributed by atoms with Crippen LogP contribution in [0.25, 0.3) is 11.5 Å². The minimum Gasteiger partial charge on any atom is -0.481 e. The minimum atomic E-state index is -0.841. The number of hydrogen-bond donors (Lipinski definition) is 1. The van der Waals surface area contributed by atoms with E-state index in [1.165, 1.54) is 11.3 Å². The van der Waals surface area contributed by atoms with Gasteiger partial charge in [0.05, 0.1) is 10.9 Å². The van der Waals surface area contributed by atoms with E-state index in [0.717, 1.165) is 0 Å². The topological polar surface area (TPSA) is 89.1 Å². The molecule has 0 radical (unpaired) electrons. The van der Waals surface area contributed by atoms with Gasteiger partial charge in [-0.2, -0.15) is 4.98 Å². The van der Waals surface area contributed by atoms with Gasteiger partial charge in [0.1, 0.15) is 5.69 Å². The predicted octanol–water partition coefficient (Wildman–Crippen LogP) is 2.63. The molecule has 0 aliphatic rings. The van der Waals surface area contributed by atoms with Gasteiger partial charge in [-0.1, -0.05) is 19.0 Å². The lowest BCUT2D eigenvalue weighted by atomic mass is 9.79. The van der Waals surface area contributed by atoms with E-state index < -0.39 is 11.4 Å². The number of nitrogens with zero attached hydrogens (tertiary/aromatic N) is 3. The highest BCUT2D eigenvalue weighted by Gasteiger charge is 2.37.